The molecule has 1 aromatic heterocycles. The van der Waals surface area contributed by atoms with Crippen LogP contribution in [0.1, 0.15) is 31.7 Å². The summed E-state index contributed by atoms with van der Waals surface area (Å²) in [4.78, 5) is 41.5. The van der Waals surface area contributed by atoms with Gasteiger partial charge >= 0.3 is 12.1 Å². The number of carbonyl (C=O) groups excluding carboxylic acids is 3. The van der Waals surface area contributed by atoms with Crippen LogP contribution in [-0.2, 0) is 17.9 Å². The number of rotatable bonds is 6. The third-order valence-electron chi connectivity index (χ3n) is 6.76. The molecule has 2 aliphatic heterocycles. The van der Waals surface area contributed by atoms with Crippen LogP contribution in [0.3, 0.4) is 0 Å². The zero-order valence-corrected chi connectivity index (χ0v) is 20.2. The van der Waals surface area contributed by atoms with Gasteiger partial charge in [-0.15, -0.1) is 5.10 Å². The Balaban J connectivity index is 1.16. The molecule has 0 saturated carbocycles. The molecule has 5 amide bonds. The van der Waals surface area contributed by atoms with Crippen molar-refractivity contribution in [2.75, 3.05) is 18.4 Å². The van der Waals surface area contributed by atoms with Crippen molar-refractivity contribution in [1.82, 2.24) is 30.1 Å². The molecular formula is C26H29N7O3. The van der Waals surface area contributed by atoms with Crippen LogP contribution < -0.4 is 10.6 Å². The molecule has 2 aliphatic rings. The van der Waals surface area contributed by atoms with Gasteiger partial charge in [-0.25, -0.2) is 9.59 Å². The highest BCUT2D eigenvalue weighted by molar-refractivity contribution is 6.07. The number of piperidine rings is 1. The maximum Gasteiger partial charge on any atom is 0.325 e. The van der Waals surface area contributed by atoms with Crippen LogP contribution in [0.5, 0.6) is 0 Å². The van der Waals surface area contributed by atoms with E-state index in [-0.39, 0.29) is 24.5 Å². The Morgan fingerprint density at radius 2 is 1.78 bits per heavy atom. The van der Waals surface area contributed by atoms with Gasteiger partial charge < -0.3 is 15.5 Å². The number of benzene rings is 2. The van der Waals surface area contributed by atoms with E-state index in [1.54, 1.807) is 4.90 Å². The summed E-state index contributed by atoms with van der Waals surface area (Å²) in [7, 11) is 0. The van der Waals surface area contributed by atoms with Crippen LogP contribution in [0.15, 0.2) is 60.8 Å². The molecule has 2 aromatic carbocycles. The third-order valence-corrected chi connectivity index (χ3v) is 6.76. The highest BCUT2D eigenvalue weighted by Crippen LogP contribution is 2.31. The first-order chi connectivity index (χ1) is 17.5. The van der Waals surface area contributed by atoms with Crippen molar-refractivity contribution >= 4 is 23.7 Å². The van der Waals surface area contributed by atoms with Gasteiger partial charge in [0.1, 0.15) is 11.2 Å². The summed E-state index contributed by atoms with van der Waals surface area (Å²) in [6.45, 7) is 3.88. The van der Waals surface area contributed by atoms with Crippen molar-refractivity contribution in [3.63, 3.8) is 0 Å². The van der Waals surface area contributed by atoms with Crippen molar-refractivity contribution in [3.05, 3.63) is 66.4 Å². The van der Waals surface area contributed by atoms with Crippen molar-refractivity contribution < 1.29 is 14.4 Å². The first-order valence-electron chi connectivity index (χ1n) is 12.2. The predicted molar refractivity (Wildman–Crippen MR) is 134 cm³/mol. The summed E-state index contributed by atoms with van der Waals surface area (Å²) < 4.78 is 1.81. The molecule has 10 heteroatoms. The smallest absolute Gasteiger partial charge is 0.324 e. The molecule has 0 aliphatic carbocycles. The van der Waals surface area contributed by atoms with E-state index in [0.29, 0.717) is 31.6 Å². The number of nitrogens with one attached hydrogen (secondary N) is 2. The number of hydrogen-bond donors (Lipinski definition) is 2. The summed E-state index contributed by atoms with van der Waals surface area (Å²) in [5.41, 5.74) is 2.33. The van der Waals surface area contributed by atoms with Crippen LogP contribution in [-0.4, -0.2) is 61.4 Å². The molecule has 36 heavy (non-hydrogen) atoms. The Morgan fingerprint density at radius 1 is 1.06 bits per heavy atom. The topological polar surface area (TPSA) is 112 Å². The number of aromatic nitrogens is 3. The Bertz CT molecular complexity index is 1250. The minimum Gasteiger partial charge on any atom is -0.324 e. The number of urea groups is 2. The van der Waals surface area contributed by atoms with Gasteiger partial charge in [0.2, 0.25) is 0 Å². The standard InChI is InChI=1S/C26H29N7O3/c1-2-14-32-18-22(29-30-32)20-8-10-21(11-9-20)27-24(35)31-15-12-26(13-16-31)23(34)33(25(36)28-26)17-19-6-4-3-5-7-19/h3-11,18H,2,12-17H2,1H3,(H,27,35)(H,28,36). The van der Waals surface area contributed by atoms with Gasteiger partial charge in [-0.05, 0) is 37.0 Å². The number of amides is 5. The molecule has 10 nitrogen and oxygen atoms in total. The molecule has 0 unspecified atom stereocenters. The van der Waals surface area contributed by atoms with Crippen LogP contribution in [0, 0.1) is 0 Å². The summed E-state index contributed by atoms with van der Waals surface area (Å²) in [5.74, 6) is -0.220. The highest BCUT2D eigenvalue weighted by atomic mass is 16.2. The van der Waals surface area contributed by atoms with Crippen LogP contribution in [0.2, 0.25) is 0 Å². The molecule has 2 N–H and O–H groups in total. The highest BCUT2D eigenvalue weighted by Gasteiger charge is 2.52. The number of anilines is 1. The predicted octanol–water partition coefficient (Wildman–Crippen LogP) is 3.47. The first kappa shape index (κ1) is 23.5. The van der Waals surface area contributed by atoms with E-state index in [1.165, 1.54) is 4.90 Å². The van der Waals surface area contributed by atoms with Gasteiger partial charge in [0.05, 0.1) is 12.7 Å². The monoisotopic (exact) mass is 487 g/mol. The van der Waals surface area contributed by atoms with Gasteiger partial charge in [0.25, 0.3) is 5.91 Å². The van der Waals surface area contributed by atoms with Crippen LogP contribution in [0.25, 0.3) is 11.3 Å². The van der Waals surface area contributed by atoms with Gasteiger partial charge in [-0.3, -0.25) is 14.4 Å². The largest absolute Gasteiger partial charge is 0.325 e. The van der Waals surface area contributed by atoms with E-state index in [1.807, 2.05) is 65.5 Å². The van der Waals surface area contributed by atoms with Crippen molar-refractivity contribution in [2.24, 2.45) is 0 Å². The summed E-state index contributed by atoms with van der Waals surface area (Å²) in [5, 5.41) is 14.1. The molecular weight excluding hydrogens is 458 g/mol. The first-order valence-corrected chi connectivity index (χ1v) is 12.2. The maximum atomic E-state index is 13.2. The average molecular weight is 488 g/mol. The Kier molecular flexibility index (Phi) is 6.41. The fraction of sp³-hybridized carbons (Fsp3) is 0.346. The maximum absolute atomic E-state index is 13.2. The SMILES string of the molecule is CCCn1cc(-c2ccc(NC(=O)N3CCC4(CC3)NC(=O)N(Cc3ccccc3)C4=O)cc2)nn1. The summed E-state index contributed by atoms with van der Waals surface area (Å²) >= 11 is 0. The second-order valence-electron chi connectivity index (χ2n) is 9.25. The number of hydrogen-bond acceptors (Lipinski definition) is 5. The summed E-state index contributed by atoms with van der Waals surface area (Å²) in [6, 6.07) is 16.3. The average Bonchev–Trinajstić information content (AvgIpc) is 3.45. The number of aryl methyl sites for hydroxylation is 1. The van der Waals surface area contributed by atoms with Gasteiger partial charge in [-0.1, -0.05) is 54.6 Å². The zero-order chi connectivity index (χ0) is 25.1. The fourth-order valence-corrected chi connectivity index (χ4v) is 4.71. The lowest BCUT2D eigenvalue weighted by molar-refractivity contribution is -0.133. The lowest BCUT2D eigenvalue weighted by Crippen LogP contribution is -2.56. The van der Waals surface area contributed by atoms with Gasteiger partial charge in [-0.2, -0.15) is 0 Å². The van der Waals surface area contributed by atoms with E-state index < -0.39 is 5.54 Å². The van der Waals surface area contributed by atoms with Crippen LogP contribution >= 0.6 is 0 Å². The van der Waals surface area contributed by atoms with Gasteiger partial charge in [0, 0.05) is 30.9 Å². The molecule has 1 spiro atoms. The lowest BCUT2D eigenvalue weighted by atomic mass is 9.87. The molecule has 2 saturated heterocycles. The second kappa shape index (κ2) is 9.80. The number of carbonyl (C=O) groups is 3. The molecule has 2 fully saturated rings. The summed E-state index contributed by atoms with van der Waals surface area (Å²) in [6.07, 6.45) is 3.65. The van der Waals surface area contributed by atoms with E-state index in [0.717, 1.165) is 29.8 Å². The minimum atomic E-state index is -0.945. The number of nitrogens with zero attached hydrogens (tertiary/aromatic N) is 5. The van der Waals surface area contributed by atoms with E-state index in [2.05, 4.69) is 27.9 Å². The van der Waals surface area contributed by atoms with E-state index >= 15 is 0 Å². The Morgan fingerprint density at radius 3 is 2.47 bits per heavy atom. The second-order valence-corrected chi connectivity index (χ2v) is 9.25. The normalized spacial score (nSPS) is 16.9. The molecule has 5 rings (SSSR count). The number of imide groups is 1. The molecule has 0 radical (unpaired) electrons. The van der Waals surface area contributed by atoms with Crippen molar-refractivity contribution in [3.8, 4) is 11.3 Å². The minimum absolute atomic E-state index is 0.220. The molecule has 0 atom stereocenters. The zero-order valence-electron chi connectivity index (χ0n) is 20.2. The molecule has 186 valence electrons. The van der Waals surface area contributed by atoms with E-state index in [4.69, 9.17) is 0 Å². The third kappa shape index (κ3) is 4.66. The quantitative estimate of drug-likeness (QED) is 0.517. The Labute approximate surface area is 209 Å². The van der Waals surface area contributed by atoms with Crippen LogP contribution in [0.4, 0.5) is 15.3 Å². The van der Waals surface area contributed by atoms with E-state index in [9.17, 15) is 14.4 Å². The van der Waals surface area contributed by atoms with Crippen molar-refractivity contribution in [2.45, 2.75) is 44.8 Å². The van der Waals surface area contributed by atoms with Crippen molar-refractivity contribution in [1.29, 1.82) is 0 Å². The molecule has 3 heterocycles. The number of likely N-dealkylation sites (tertiary alicyclic amines) is 1. The molecule has 3 aromatic rings. The fourth-order valence-electron chi connectivity index (χ4n) is 4.71. The van der Waals surface area contributed by atoms with Gasteiger partial charge in [0.15, 0.2) is 0 Å². The molecule has 0 bridgehead atoms. The lowest BCUT2D eigenvalue weighted by Gasteiger charge is -2.37. The Hall–Kier alpha value is -4.21.